The Morgan fingerprint density at radius 1 is 1.14 bits per heavy atom. The molecule has 8 nitrogen and oxygen atoms in total. The predicted octanol–water partition coefficient (Wildman–Crippen LogP) is 3.75. The number of benzene rings is 2. The van der Waals surface area contributed by atoms with Gasteiger partial charge in [0.25, 0.3) is 0 Å². The molecule has 0 saturated heterocycles. The summed E-state index contributed by atoms with van der Waals surface area (Å²) in [5.74, 6) is -0.412. The van der Waals surface area contributed by atoms with Gasteiger partial charge in [0.05, 0.1) is 31.3 Å². The molecular weight excluding hydrogens is 474 g/mol. The van der Waals surface area contributed by atoms with Gasteiger partial charge >= 0.3 is 6.29 Å². The van der Waals surface area contributed by atoms with Crippen LogP contribution in [-0.2, 0) is 22.2 Å². The molecule has 36 heavy (non-hydrogen) atoms. The number of fused-ring (bicyclic) bond motifs is 2. The van der Waals surface area contributed by atoms with E-state index in [0.717, 1.165) is 16.6 Å². The summed E-state index contributed by atoms with van der Waals surface area (Å²) in [5, 5.41) is 33.1. The number of aliphatic hydroxyl groups is 3. The number of nitrogens with one attached hydrogen (secondary N) is 1. The molecule has 1 aromatic heterocycles. The molecule has 3 aromatic rings. The summed E-state index contributed by atoms with van der Waals surface area (Å²) in [6.07, 6.45) is -3.55. The zero-order valence-corrected chi connectivity index (χ0v) is 19.9. The Morgan fingerprint density at radius 2 is 1.86 bits per heavy atom. The van der Waals surface area contributed by atoms with Crippen LogP contribution in [0, 0.1) is 0 Å². The Hall–Kier alpha value is -3.21. The van der Waals surface area contributed by atoms with Gasteiger partial charge in [-0.25, -0.2) is 0 Å². The van der Waals surface area contributed by atoms with E-state index in [1.54, 1.807) is 12.1 Å². The molecule has 5 rings (SSSR count). The molecule has 0 unspecified atom stereocenters. The van der Waals surface area contributed by atoms with Crippen LogP contribution in [0.1, 0.15) is 40.8 Å². The second-order valence-corrected chi connectivity index (χ2v) is 10.2. The second kappa shape index (κ2) is 8.43. The van der Waals surface area contributed by atoms with Gasteiger partial charge in [0, 0.05) is 30.6 Å². The number of aliphatic hydroxyl groups excluding tert-OH is 3. The number of hydrogen-bond acceptors (Lipinski definition) is 6. The minimum atomic E-state index is -3.72. The van der Waals surface area contributed by atoms with E-state index in [9.17, 15) is 28.9 Å². The maximum atomic E-state index is 13.4. The second-order valence-electron chi connectivity index (χ2n) is 10.2. The van der Waals surface area contributed by atoms with Crippen LogP contribution in [0.3, 0.4) is 0 Å². The lowest BCUT2D eigenvalue weighted by Gasteiger charge is -2.25. The summed E-state index contributed by atoms with van der Waals surface area (Å²) in [5.41, 5.74) is 1.26. The van der Waals surface area contributed by atoms with E-state index in [1.165, 1.54) is 12.1 Å². The highest BCUT2D eigenvalue weighted by atomic mass is 19.3. The molecule has 0 spiro atoms. The van der Waals surface area contributed by atoms with Crippen molar-refractivity contribution in [3.05, 3.63) is 53.7 Å². The maximum Gasteiger partial charge on any atom is 0.586 e. The van der Waals surface area contributed by atoms with Crippen LogP contribution in [0.2, 0.25) is 0 Å². The molecule has 10 heteroatoms. The van der Waals surface area contributed by atoms with Crippen molar-refractivity contribution in [1.29, 1.82) is 0 Å². The fraction of sp³-hybridized carbons (Fsp3) is 0.423. The Bertz CT molecular complexity index is 1340. The maximum absolute atomic E-state index is 13.4. The topological polar surface area (TPSA) is 113 Å². The van der Waals surface area contributed by atoms with Crippen molar-refractivity contribution in [2.75, 3.05) is 18.5 Å². The van der Waals surface area contributed by atoms with Crippen LogP contribution in [0.5, 0.6) is 11.5 Å². The first-order valence-electron chi connectivity index (χ1n) is 11.7. The number of ether oxygens (including phenoxy) is 2. The first-order valence-corrected chi connectivity index (χ1v) is 11.7. The summed E-state index contributed by atoms with van der Waals surface area (Å²) in [6, 6.07) is 11.7. The summed E-state index contributed by atoms with van der Waals surface area (Å²) in [7, 11) is 0. The highest BCUT2D eigenvalue weighted by Gasteiger charge is 2.52. The zero-order valence-electron chi connectivity index (χ0n) is 19.9. The average molecular weight is 507 g/mol. The number of alkyl halides is 2. The number of amides is 1. The molecule has 1 saturated carbocycles. The van der Waals surface area contributed by atoms with Gasteiger partial charge in [0.2, 0.25) is 5.91 Å². The molecule has 2 aromatic carbocycles. The third-order valence-electron chi connectivity index (χ3n) is 6.99. The van der Waals surface area contributed by atoms with Crippen molar-refractivity contribution in [1.82, 2.24) is 4.57 Å². The van der Waals surface area contributed by atoms with Gasteiger partial charge in [-0.05, 0) is 54.8 Å². The van der Waals surface area contributed by atoms with Crippen molar-refractivity contribution in [2.24, 2.45) is 0 Å². The molecule has 1 fully saturated rings. The largest absolute Gasteiger partial charge is 0.586 e. The van der Waals surface area contributed by atoms with Crippen LogP contribution in [0.25, 0.3) is 10.9 Å². The SMILES string of the molecule is CC(C)(CO)c1cc2cc(NC(=O)C3(c4ccc5c(c4)OC(F)(F)O5)CC3)ccc2n1C[C@@H](O)CO.[HH].[HH]. The molecule has 2 heterocycles. The van der Waals surface area contributed by atoms with Gasteiger partial charge in [-0.1, -0.05) is 19.9 Å². The third-order valence-corrected chi connectivity index (χ3v) is 6.99. The minimum absolute atomic E-state index is 0. The zero-order chi connectivity index (χ0) is 25.9. The number of carbonyl (C=O) groups excluding carboxylic acids is 1. The lowest BCUT2D eigenvalue weighted by Crippen LogP contribution is -2.29. The molecule has 4 N–H and O–H groups in total. The van der Waals surface area contributed by atoms with Crippen molar-refractivity contribution in [3.63, 3.8) is 0 Å². The average Bonchev–Trinajstić information content (AvgIpc) is 3.48. The monoisotopic (exact) mass is 506 g/mol. The van der Waals surface area contributed by atoms with Crippen molar-refractivity contribution < 1.29 is 41.2 Å². The molecule has 2 aliphatic rings. The van der Waals surface area contributed by atoms with Gasteiger partial charge in [0.15, 0.2) is 11.5 Å². The van der Waals surface area contributed by atoms with E-state index in [2.05, 4.69) is 14.8 Å². The number of aromatic nitrogens is 1. The van der Waals surface area contributed by atoms with E-state index in [-0.39, 0.29) is 33.4 Å². The lowest BCUT2D eigenvalue weighted by molar-refractivity contribution is -0.286. The summed E-state index contributed by atoms with van der Waals surface area (Å²) in [4.78, 5) is 13.3. The Labute approximate surface area is 209 Å². The first kappa shape index (κ1) is 24.5. The molecule has 1 atom stereocenters. The number of nitrogens with zero attached hydrogens (tertiary/aromatic N) is 1. The van der Waals surface area contributed by atoms with E-state index in [4.69, 9.17) is 0 Å². The number of carbonyl (C=O) groups is 1. The van der Waals surface area contributed by atoms with Gasteiger partial charge < -0.3 is 34.7 Å². The summed E-state index contributed by atoms with van der Waals surface area (Å²) < 4.78 is 37.7. The highest BCUT2D eigenvalue weighted by molar-refractivity contribution is 6.02. The Balaban J connectivity index is 0.00000200. The van der Waals surface area contributed by atoms with Crippen molar-refractivity contribution in [3.8, 4) is 11.5 Å². The van der Waals surface area contributed by atoms with E-state index in [0.29, 0.717) is 24.1 Å². The number of halogens is 2. The first-order chi connectivity index (χ1) is 17.0. The number of rotatable bonds is 8. The molecular formula is C26H32F2N2O6. The Morgan fingerprint density at radius 3 is 2.53 bits per heavy atom. The quantitative estimate of drug-likeness (QED) is 0.370. The van der Waals surface area contributed by atoms with Gasteiger partial charge in [-0.2, -0.15) is 0 Å². The van der Waals surface area contributed by atoms with Crippen LogP contribution in [-0.4, -0.2) is 51.4 Å². The van der Waals surface area contributed by atoms with E-state index < -0.39 is 29.8 Å². The standard InChI is InChI=1S/C26H28F2N2O6.2H2/c1-24(2,14-32)22-10-15-9-17(4-5-19(15)30(22)12-18(33)13-31)29-23(34)25(7-8-25)16-3-6-20-21(11-16)36-26(27,28)35-20;;/h3-6,9-11,18,31-33H,7-8,12-14H2,1-2H3,(H,29,34);2*1H/t18-;;/m1../s1. The molecule has 0 radical (unpaired) electrons. The molecule has 1 amide bonds. The molecule has 1 aliphatic carbocycles. The highest BCUT2D eigenvalue weighted by Crippen LogP contribution is 2.52. The number of hydrogen-bond donors (Lipinski definition) is 4. The molecule has 0 bridgehead atoms. The predicted molar refractivity (Wildman–Crippen MR) is 132 cm³/mol. The minimum Gasteiger partial charge on any atom is -0.395 e. The van der Waals surface area contributed by atoms with Crippen LogP contribution >= 0.6 is 0 Å². The normalized spacial score (nSPS) is 18.3. The third kappa shape index (κ3) is 4.19. The number of anilines is 1. The summed E-state index contributed by atoms with van der Waals surface area (Å²) in [6.45, 7) is 3.39. The van der Waals surface area contributed by atoms with Crippen molar-refractivity contribution >= 4 is 22.5 Å². The van der Waals surface area contributed by atoms with E-state index >= 15 is 0 Å². The molecule has 1 aliphatic heterocycles. The Kier molecular flexibility index (Phi) is 5.73. The van der Waals surface area contributed by atoms with Gasteiger partial charge in [-0.3, -0.25) is 4.79 Å². The van der Waals surface area contributed by atoms with Gasteiger partial charge in [-0.15, -0.1) is 8.78 Å². The fourth-order valence-electron chi connectivity index (χ4n) is 4.72. The van der Waals surface area contributed by atoms with Crippen LogP contribution in [0.4, 0.5) is 14.5 Å². The van der Waals surface area contributed by atoms with Gasteiger partial charge in [0.1, 0.15) is 0 Å². The van der Waals surface area contributed by atoms with Crippen LogP contribution in [0.15, 0.2) is 42.5 Å². The molecule has 196 valence electrons. The fourth-order valence-corrected chi connectivity index (χ4v) is 4.72. The van der Waals surface area contributed by atoms with E-state index in [1.807, 2.05) is 36.6 Å². The van der Waals surface area contributed by atoms with Crippen LogP contribution < -0.4 is 14.8 Å². The smallest absolute Gasteiger partial charge is 0.395 e. The lowest BCUT2D eigenvalue weighted by atomic mass is 9.90. The van der Waals surface area contributed by atoms with Crippen molar-refractivity contribution in [2.45, 2.75) is 56.5 Å². The summed E-state index contributed by atoms with van der Waals surface area (Å²) >= 11 is 0.